The average Bonchev–Trinajstić information content (AvgIpc) is 2.46. The number of allylic oxidation sites excluding steroid dienone is 1. The molecule has 0 aromatic carbocycles. The van der Waals surface area contributed by atoms with Crippen molar-refractivity contribution in [2.75, 3.05) is 0 Å². The third-order valence-corrected chi connectivity index (χ3v) is 7.59. The van der Waals surface area contributed by atoms with Gasteiger partial charge in [0, 0.05) is 5.41 Å². The molecular weight excluding hydrogens is 272 g/mol. The predicted octanol–water partition coefficient (Wildman–Crippen LogP) is 4.08. The zero-order valence-electron chi connectivity index (χ0n) is 14.6. The van der Waals surface area contributed by atoms with Gasteiger partial charge in [0.2, 0.25) is 0 Å². The van der Waals surface area contributed by atoms with Crippen LogP contribution < -0.4 is 0 Å². The normalized spacial score (nSPS) is 50.5. The van der Waals surface area contributed by atoms with Crippen LogP contribution in [0, 0.1) is 28.1 Å². The topological polar surface area (TPSA) is 40.5 Å². The van der Waals surface area contributed by atoms with Crippen LogP contribution in [0.5, 0.6) is 0 Å². The summed E-state index contributed by atoms with van der Waals surface area (Å²) in [5.74, 6) is 0.993. The van der Waals surface area contributed by atoms with Crippen LogP contribution in [-0.4, -0.2) is 22.4 Å². The molecule has 6 atom stereocenters. The van der Waals surface area contributed by atoms with Gasteiger partial charge in [-0.2, -0.15) is 0 Å². The largest absolute Gasteiger partial charge is 0.393 e. The molecule has 0 spiro atoms. The molecule has 2 fully saturated rings. The lowest BCUT2D eigenvalue weighted by Crippen LogP contribution is -2.56. The van der Waals surface area contributed by atoms with E-state index in [1.165, 1.54) is 5.57 Å². The molecule has 0 radical (unpaired) electrons. The summed E-state index contributed by atoms with van der Waals surface area (Å²) in [7, 11) is 0. The molecule has 0 aromatic rings. The molecule has 0 saturated heterocycles. The smallest absolute Gasteiger partial charge is 0.0668 e. The summed E-state index contributed by atoms with van der Waals surface area (Å²) >= 11 is 0. The van der Waals surface area contributed by atoms with Crippen molar-refractivity contribution in [2.24, 2.45) is 28.1 Å². The second-order valence-corrected chi connectivity index (χ2v) is 9.07. The van der Waals surface area contributed by atoms with E-state index in [2.05, 4.69) is 40.3 Å². The van der Waals surface area contributed by atoms with Crippen molar-refractivity contribution in [1.82, 2.24) is 0 Å². The Labute approximate surface area is 135 Å². The third kappa shape index (κ3) is 2.06. The molecule has 1 unspecified atom stereocenters. The summed E-state index contributed by atoms with van der Waals surface area (Å²) in [5.41, 5.74) is 1.43. The Kier molecular flexibility index (Phi) is 3.66. The summed E-state index contributed by atoms with van der Waals surface area (Å²) < 4.78 is 0. The fourth-order valence-corrected chi connectivity index (χ4v) is 5.86. The van der Waals surface area contributed by atoms with Crippen LogP contribution in [-0.2, 0) is 0 Å². The van der Waals surface area contributed by atoms with E-state index in [0.29, 0.717) is 11.8 Å². The van der Waals surface area contributed by atoms with Gasteiger partial charge in [0.05, 0.1) is 12.2 Å². The number of hydrogen-bond acceptors (Lipinski definition) is 2. The first-order valence-corrected chi connectivity index (χ1v) is 8.86. The van der Waals surface area contributed by atoms with E-state index in [0.717, 1.165) is 32.1 Å². The molecule has 2 N–H and O–H groups in total. The minimum absolute atomic E-state index is 0.0251. The maximum atomic E-state index is 10.7. The van der Waals surface area contributed by atoms with Gasteiger partial charge in [0.25, 0.3) is 0 Å². The Bertz CT molecular complexity index is 506. The van der Waals surface area contributed by atoms with Gasteiger partial charge in [-0.3, -0.25) is 0 Å². The van der Waals surface area contributed by atoms with E-state index in [9.17, 15) is 10.2 Å². The van der Waals surface area contributed by atoms with Crippen LogP contribution in [0.15, 0.2) is 24.3 Å². The van der Waals surface area contributed by atoms with Crippen molar-refractivity contribution >= 4 is 0 Å². The molecule has 2 saturated carbocycles. The Hall–Kier alpha value is -0.600. The number of hydrogen-bond donors (Lipinski definition) is 2. The van der Waals surface area contributed by atoms with Gasteiger partial charge < -0.3 is 10.2 Å². The summed E-state index contributed by atoms with van der Waals surface area (Å²) in [6, 6.07) is 0. The van der Waals surface area contributed by atoms with E-state index >= 15 is 0 Å². The zero-order chi connectivity index (χ0) is 16.3. The molecule has 3 aliphatic rings. The van der Waals surface area contributed by atoms with Crippen LogP contribution in [0.25, 0.3) is 0 Å². The molecule has 3 rings (SSSR count). The minimum atomic E-state index is -0.343. The minimum Gasteiger partial charge on any atom is -0.393 e. The summed E-state index contributed by atoms with van der Waals surface area (Å²) in [5, 5.41) is 21.2. The Morgan fingerprint density at radius 1 is 1.14 bits per heavy atom. The van der Waals surface area contributed by atoms with Crippen molar-refractivity contribution < 1.29 is 10.2 Å². The van der Waals surface area contributed by atoms with Crippen molar-refractivity contribution in [3.05, 3.63) is 24.3 Å². The molecule has 0 heterocycles. The SMILES string of the molecule is C=C[C@]1(C)C=C2CC[C@@H]3C(C)(C)[C@H](O)CC[C@@]3(C)C2C[C@H]1O. The zero-order valence-corrected chi connectivity index (χ0v) is 14.6. The summed E-state index contributed by atoms with van der Waals surface area (Å²) in [6.07, 6.45) is 8.74. The highest BCUT2D eigenvalue weighted by atomic mass is 16.3. The van der Waals surface area contributed by atoms with Gasteiger partial charge >= 0.3 is 0 Å². The lowest BCUT2D eigenvalue weighted by molar-refractivity contribution is -0.133. The van der Waals surface area contributed by atoms with Crippen LogP contribution >= 0.6 is 0 Å². The number of rotatable bonds is 1. The lowest BCUT2D eigenvalue weighted by Gasteiger charge is -2.61. The molecule has 124 valence electrons. The van der Waals surface area contributed by atoms with Gasteiger partial charge in [-0.1, -0.05) is 45.4 Å². The average molecular weight is 304 g/mol. The van der Waals surface area contributed by atoms with Gasteiger partial charge in [0.1, 0.15) is 0 Å². The van der Waals surface area contributed by atoms with E-state index in [4.69, 9.17) is 0 Å². The molecule has 0 aromatic heterocycles. The summed E-state index contributed by atoms with van der Waals surface area (Å²) in [6.45, 7) is 12.9. The number of aliphatic hydroxyl groups excluding tert-OH is 2. The first kappa shape index (κ1) is 16.3. The first-order valence-electron chi connectivity index (χ1n) is 8.86. The second kappa shape index (κ2) is 4.95. The van der Waals surface area contributed by atoms with E-state index in [1.807, 2.05) is 6.08 Å². The van der Waals surface area contributed by atoms with Gasteiger partial charge in [0.15, 0.2) is 0 Å². The van der Waals surface area contributed by atoms with E-state index in [-0.39, 0.29) is 28.5 Å². The maximum Gasteiger partial charge on any atom is 0.0668 e. The maximum absolute atomic E-state index is 10.7. The first-order chi connectivity index (χ1) is 10.1. The molecule has 3 aliphatic carbocycles. The number of aliphatic hydroxyl groups is 2. The molecule has 0 bridgehead atoms. The molecule has 22 heavy (non-hydrogen) atoms. The Morgan fingerprint density at radius 3 is 2.45 bits per heavy atom. The molecular formula is C20H32O2. The predicted molar refractivity (Wildman–Crippen MR) is 90.4 cm³/mol. The molecule has 2 nitrogen and oxygen atoms in total. The Morgan fingerprint density at radius 2 is 1.82 bits per heavy atom. The van der Waals surface area contributed by atoms with E-state index in [1.54, 1.807) is 0 Å². The van der Waals surface area contributed by atoms with Crippen LogP contribution in [0.1, 0.15) is 59.8 Å². The Balaban J connectivity index is 2.01. The van der Waals surface area contributed by atoms with Crippen molar-refractivity contribution in [1.29, 1.82) is 0 Å². The second-order valence-electron chi connectivity index (χ2n) is 9.07. The van der Waals surface area contributed by atoms with Crippen molar-refractivity contribution in [3.8, 4) is 0 Å². The fourth-order valence-electron chi connectivity index (χ4n) is 5.86. The van der Waals surface area contributed by atoms with Crippen molar-refractivity contribution in [3.63, 3.8) is 0 Å². The monoisotopic (exact) mass is 304 g/mol. The van der Waals surface area contributed by atoms with Crippen LogP contribution in [0.3, 0.4) is 0 Å². The fraction of sp³-hybridized carbons (Fsp3) is 0.800. The standard InChI is InChI=1S/C20H32O2/c1-6-19(4)12-13-7-8-15-18(2,3)16(21)9-10-20(15,5)14(13)11-17(19)22/h6,12,14-17,21-22H,1,7-11H2,2-5H3/t14?,15-,16-,17-,19-,20+/m1/s1. The molecule has 0 aliphatic heterocycles. The van der Waals surface area contributed by atoms with Crippen LogP contribution in [0.2, 0.25) is 0 Å². The highest BCUT2D eigenvalue weighted by Crippen LogP contribution is 2.63. The quantitative estimate of drug-likeness (QED) is 0.717. The van der Waals surface area contributed by atoms with Crippen LogP contribution in [0.4, 0.5) is 0 Å². The molecule has 2 heteroatoms. The van der Waals surface area contributed by atoms with Crippen molar-refractivity contribution in [2.45, 2.75) is 72.0 Å². The highest BCUT2D eigenvalue weighted by Gasteiger charge is 2.57. The van der Waals surface area contributed by atoms with Gasteiger partial charge in [-0.05, 0) is 54.8 Å². The lowest BCUT2D eigenvalue weighted by atomic mass is 9.44. The number of fused-ring (bicyclic) bond motifs is 3. The molecule has 0 amide bonds. The van der Waals surface area contributed by atoms with Gasteiger partial charge in [-0.15, -0.1) is 6.58 Å². The third-order valence-electron chi connectivity index (χ3n) is 7.59. The summed E-state index contributed by atoms with van der Waals surface area (Å²) in [4.78, 5) is 0. The van der Waals surface area contributed by atoms with Gasteiger partial charge in [-0.25, -0.2) is 0 Å². The highest BCUT2D eigenvalue weighted by molar-refractivity contribution is 5.28. The van der Waals surface area contributed by atoms with E-state index < -0.39 is 0 Å².